The number of nitrogens with one attached hydrogen (secondary N) is 1. The normalized spacial score (nSPS) is 12.5. The van der Waals surface area contributed by atoms with Gasteiger partial charge in [-0.25, -0.2) is 4.98 Å². The van der Waals surface area contributed by atoms with E-state index in [0.29, 0.717) is 5.69 Å². The zero-order valence-electron chi connectivity index (χ0n) is 14.2. The first-order chi connectivity index (χ1) is 12.8. The standard InChI is InChI=1S/C18H18N6OS/c1-26-11-8-13(17-22-21-16-7-3-5-10-24(16)17)20-18(25)14-12-23-9-4-2-6-15(23)19-14/h2-7,9-10,12-13H,8,11H2,1H3,(H,20,25). The van der Waals surface area contributed by atoms with Crippen LogP contribution in [-0.4, -0.2) is 41.9 Å². The first-order valence-corrected chi connectivity index (χ1v) is 9.69. The Bertz CT molecular complexity index is 1020. The van der Waals surface area contributed by atoms with Gasteiger partial charge in [0.25, 0.3) is 5.91 Å². The minimum absolute atomic E-state index is 0.215. The highest BCUT2D eigenvalue weighted by atomic mass is 32.2. The molecule has 4 aromatic rings. The predicted octanol–water partition coefficient (Wildman–Crippen LogP) is 2.60. The van der Waals surface area contributed by atoms with Crippen molar-refractivity contribution in [2.75, 3.05) is 12.0 Å². The van der Waals surface area contributed by atoms with E-state index < -0.39 is 0 Å². The van der Waals surface area contributed by atoms with Crippen LogP contribution in [0.3, 0.4) is 0 Å². The van der Waals surface area contributed by atoms with Crippen LogP contribution in [0.4, 0.5) is 0 Å². The van der Waals surface area contributed by atoms with Crippen molar-refractivity contribution in [2.45, 2.75) is 12.5 Å². The summed E-state index contributed by atoms with van der Waals surface area (Å²) in [6.45, 7) is 0. The van der Waals surface area contributed by atoms with Gasteiger partial charge in [0.1, 0.15) is 11.3 Å². The number of carbonyl (C=O) groups is 1. The molecule has 132 valence electrons. The number of hydrogen-bond donors (Lipinski definition) is 1. The van der Waals surface area contributed by atoms with Crippen LogP contribution in [0, 0.1) is 0 Å². The van der Waals surface area contributed by atoms with Crippen LogP contribution in [-0.2, 0) is 0 Å². The van der Waals surface area contributed by atoms with Gasteiger partial charge in [-0.05, 0) is 42.7 Å². The Labute approximate surface area is 154 Å². The average Bonchev–Trinajstić information content (AvgIpc) is 3.29. The summed E-state index contributed by atoms with van der Waals surface area (Å²) < 4.78 is 3.74. The predicted molar refractivity (Wildman–Crippen MR) is 101 cm³/mol. The van der Waals surface area contributed by atoms with Crippen molar-refractivity contribution in [1.29, 1.82) is 0 Å². The molecule has 0 bridgehead atoms. The van der Waals surface area contributed by atoms with Crippen LogP contribution >= 0.6 is 11.8 Å². The molecule has 4 aromatic heterocycles. The molecule has 0 spiro atoms. The number of amides is 1. The number of pyridine rings is 2. The Kier molecular flexibility index (Phi) is 4.57. The Morgan fingerprint density at radius 1 is 1.15 bits per heavy atom. The second kappa shape index (κ2) is 7.17. The fraction of sp³-hybridized carbons (Fsp3) is 0.222. The molecule has 8 heteroatoms. The fourth-order valence-electron chi connectivity index (χ4n) is 2.88. The van der Waals surface area contributed by atoms with E-state index in [0.717, 1.165) is 29.3 Å². The monoisotopic (exact) mass is 366 g/mol. The van der Waals surface area contributed by atoms with Gasteiger partial charge in [-0.1, -0.05) is 12.1 Å². The van der Waals surface area contributed by atoms with Crippen molar-refractivity contribution in [3.8, 4) is 0 Å². The number of fused-ring (bicyclic) bond motifs is 2. The van der Waals surface area contributed by atoms with E-state index >= 15 is 0 Å². The van der Waals surface area contributed by atoms with Gasteiger partial charge in [0.2, 0.25) is 0 Å². The topological polar surface area (TPSA) is 76.6 Å². The molecule has 26 heavy (non-hydrogen) atoms. The van der Waals surface area contributed by atoms with Gasteiger partial charge < -0.3 is 9.72 Å². The summed E-state index contributed by atoms with van der Waals surface area (Å²) in [4.78, 5) is 17.2. The lowest BCUT2D eigenvalue weighted by Gasteiger charge is -2.16. The molecule has 0 saturated carbocycles. The third-order valence-corrected chi connectivity index (χ3v) is 4.81. The molecule has 0 radical (unpaired) electrons. The van der Waals surface area contributed by atoms with Crippen LogP contribution in [0.5, 0.6) is 0 Å². The van der Waals surface area contributed by atoms with E-state index in [2.05, 4.69) is 20.5 Å². The number of rotatable bonds is 6. The molecule has 1 amide bonds. The summed E-state index contributed by atoms with van der Waals surface area (Å²) >= 11 is 1.73. The quantitative estimate of drug-likeness (QED) is 0.568. The molecule has 7 nitrogen and oxygen atoms in total. The van der Waals surface area contributed by atoms with Crippen LogP contribution < -0.4 is 5.32 Å². The maximum Gasteiger partial charge on any atom is 0.272 e. The van der Waals surface area contributed by atoms with Crippen molar-refractivity contribution in [2.24, 2.45) is 0 Å². The second-order valence-corrected chi connectivity index (χ2v) is 6.87. The van der Waals surface area contributed by atoms with Crippen molar-refractivity contribution < 1.29 is 4.79 Å². The Hall–Kier alpha value is -2.87. The van der Waals surface area contributed by atoms with Gasteiger partial charge in [0, 0.05) is 18.6 Å². The number of carbonyl (C=O) groups excluding carboxylic acids is 1. The van der Waals surface area contributed by atoms with Gasteiger partial charge in [0.05, 0.1) is 6.04 Å². The van der Waals surface area contributed by atoms with Crippen molar-refractivity contribution in [1.82, 2.24) is 29.3 Å². The maximum atomic E-state index is 12.8. The Balaban J connectivity index is 1.63. The molecule has 0 aliphatic carbocycles. The molecule has 0 aromatic carbocycles. The first kappa shape index (κ1) is 16.6. The molecule has 4 rings (SSSR count). The van der Waals surface area contributed by atoms with Gasteiger partial charge in [-0.2, -0.15) is 11.8 Å². The fourth-order valence-corrected chi connectivity index (χ4v) is 3.35. The number of aromatic nitrogens is 5. The van der Waals surface area contributed by atoms with E-state index in [4.69, 9.17) is 0 Å². The highest BCUT2D eigenvalue weighted by Gasteiger charge is 2.22. The summed E-state index contributed by atoms with van der Waals surface area (Å²) in [5.41, 5.74) is 1.89. The lowest BCUT2D eigenvalue weighted by Crippen LogP contribution is -2.30. The molecule has 0 fully saturated rings. The van der Waals surface area contributed by atoms with E-state index in [9.17, 15) is 4.79 Å². The SMILES string of the molecule is CSCCC(NC(=O)c1cn2ccccc2n1)c1nnc2ccccn12. The number of hydrogen-bond acceptors (Lipinski definition) is 5. The molecular weight excluding hydrogens is 348 g/mol. The van der Waals surface area contributed by atoms with Crippen molar-refractivity contribution in [3.05, 3.63) is 66.5 Å². The molecule has 0 saturated heterocycles. The highest BCUT2D eigenvalue weighted by molar-refractivity contribution is 7.98. The van der Waals surface area contributed by atoms with Gasteiger partial charge in [0.15, 0.2) is 11.5 Å². The van der Waals surface area contributed by atoms with Gasteiger partial charge in [-0.15, -0.1) is 10.2 Å². The molecule has 1 atom stereocenters. The zero-order chi connectivity index (χ0) is 17.9. The number of thioether (sulfide) groups is 1. The first-order valence-electron chi connectivity index (χ1n) is 8.29. The van der Waals surface area contributed by atoms with Crippen LogP contribution in [0.25, 0.3) is 11.3 Å². The van der Waals surface area contributed by atoms with Gasteiger partial charge >= 0.3 is 0 Å². The molecule has 4 heterocycles. The molecule has 0 aliphatic heterocycles. The molecule has 0 aliphatic rings. The lowest BCUT2D eigenvalue weighted by molar-refractivity contribution is 0.0929. The summed E-state index contributed by atoms with van der Waals surface area (Å²) in [6.07, 6.45) is 8.32. The minimum atomic E-state index is -0.239. The molecular formula is C18H18N6OS. The zero-order valence-corrected chi connectivity index (χ0v) is 15.1. The summed E-state index contributed by atoms with van der Waals surface area (Å²) in [6, 6.07) is 11.2. The third kappa shape index (κ3) is 3.15. The number of imidazole rings is 1. The smallest absolute Gasteiger partial charge is 0.272 e. The van der Waals surface area contributed by atoms with Crippen molar-refractivity contribution >= 4 is 29.0 Å². The largest absolute Gasteiger partial charge is 0.341 e. The van der Waals surface area contributed by atoms with E-state index in [1.807, 2.05) is 63.8 Å². The summed E-state index contributed by atoms with van der Waals surface area (Å²) in [5, 5.41) is 11.6. The van der Waals surface area contributed by atoms with Crippen molar-refractivity contribution in [3.63, 3.8) is 0 Å². The minimum Gasteiger partial charge on any atom is -0.341 e. The highest BCUT2D eigenvalue weighted by Crippen LogP contribution is 2.19. The van der Waals surface area contributed by atoms with Crippen LogP contribution in [0.15, 0.2) is 55.0 Å². The summed E-state index contributed by atoms with van der Waals surface area (Å²) in [7, 11) is 0. The Morgan fingerprint density at radius 2 is 1.96 bits per heavy atom. The molecule has 1 unspecified atom stereocenters. The lowest BCUT2D eigenvalue weighted by atomic mass is 10.2. The average molecular weight is 366 g/mol. The van der Waals surface area contributed by atoms with Crippen LogP contribution in [0.2, 0.25) is 0 Å². The van der Waals surface area contributed by atoms with Crippen LogP contribution in [0.1, 0.15) is 28.8 Å². The van der Waals surface area contributed by atoms with E-state index in [1.165, 1.54) is 0 Å². The summed E-state index contributed by atoms with van der Waals surface area (Å²) in [5.74, 6) is 1.41. The third-order valence-electron chi connectivity index (χ3n) is 4.16. The molecule has 1 N–H and O–H groups in total. The van der Waals surface area contributed by atoms with E-state index in [1.54, 1.807) is 18.0 Å². The van der Waals surface area contributed by atoms with Gasteiger partial charge in [-0.3, -0.25) is 9.20 Å². The second-order valence-electron chi connectivity index (χ2n) is 5.89. The maximum absolute atomic E-state index is 12.8. The van der Waals surface area contributed by atoms with E-state index in [-0.39, 0.29) is 11.9 Å². The Morgan fingerprint density at radius 3 is 2.77 bits per heavy atom. The number of nitrogens with zero attached hydrogens (tertiary/aromatic N) is 5.